The fourth-order valence-electron chi connectivity index (χ4n) is 2.89. The standard InChI is InChI=1S/C17H27N3O/c1-2-3-11-21-16-12-15(18-14-9-10-14)19-17(20-16)13-7-5-4-6-8-13/h12-14H,2-11H2,1H3,(H,18,19,20). The van der Waals surface area contributed by atoms with E-state index in [1.807, 2.05) is 6.07 Å². The van der Waals surface area contributed by atoms with Crippen LogP contribution in [0.5, 0.6) is 5.88 Å². The second kappa shape index (κ2) is 7.10. The predicted octanol–water partition coefficient (Wildman–Crippen LogP) is 4.28. The molecule has 0 atom stereocenters. The largest absolute Gasteiger partial charge is 0.478 e. The van der Waals surface area contributed by atoms with Crippen molar-refractivity contribution in [2.75, 3.05) is 11.9 Å². The average Bonchev–Trinajstić information content (AvgIpc) is 3.32. The van der Waals surface area contributed by atoms with Crippen molar-refractivity contribution >= 4 is 5.82 Å². The van der Waals surface area contributed by atoms with Gasteiger partial charge in [-0.3, -0.25) is 0 Å². The van der Waals surface area contributed by atoms with Crippen LogP contribution in [0.3, 0.4) is 0 Å². The topological polar surface area (TPSA) is 47.0 Å². The second-order valence-electron chi connectivity index (χ2n) is 6.41. The maximum absolute atomic E-state index is 5.83. The number of unbranched alkanes of at least 4 members (excludes halogenated alkanes) is 1. The Morgan fingerprint density at radius 2 is 1.95 bits per heavy atom. The van der Waals surface area contributed by atoms with E-state index in [2.05, 4.69) is 17.2 Å². The van der Waals surface area contributed by atoms with Gasteiger partial charge in [-0.25, -0.2) is 4.98 Å². The Labute approximate surface area is 127 Å². The van der Waals surface area contributed by atoms with Crippen LogP contribution in [0.25, 0.3) is 0 Å². The lowest BCUT2D eigenvalue weighted by Gasteiger charge is -2.21. The molecule has 2 saturated carbocycles. The molecule has 0 amide bonds. The van der Waals surface area contributed by atoms with E-state index in [0.29, 0.717) is 12.0 Å². The Morgan fingerprint density at radius 1 is 1.14 bits per heavy atom. The van der Waals surface area contributed by atoms with Crippen LogP contribution in [0.15, 0.2) is 6.07 Å². The number of ether oxygens (including phenoxy) is 1. The molecule has 2 fully saturated rings. The molecule has 0 radical (unpaired) electrons. The van der Waals surface area contributed by atoms with Gasteiger partial charge in [0.05, 0.1) is 6.61 Å². The van der Waals surface area contributed by atoms with Gasteiger partial charge in [0.15, 0.2) is 0 Å². The van der Waals surface area contributed by atoms with Crippen molar-refractivity contribution in [2.24, 2.45) is 0 Å². The molecule has 0 spiro atoms. The summed E-state index contributed by atoms with van der Waals surface area (Å²) in [5.41, 5.74) is 0. The Hall–Kier alpha value is -1.32. The summed E-state index contributed by atoms with van der Waals surface area (Å²) >= 11 is 0. The van der Waals surface area contributed by atoms with Crippen LogP contribution in [0, 0.1) is 0 Å². The highest BCUT2D eigenvalue weighted by Gasteiger charge is 2.24. The van der Waals surface area contributed by atoms with Crippen molar-refractivity contribution in [3.05, 3.63) is 11.9 Å². The third kappa shape index (κ3) is 4.32. The molecule has 2 aliphatic rings. The first-order valence-electron chi connectivity index (χ1n) is 8.63. The van der Waals surface area contributed by atoms with Gasteiger partial charge < -0.3 is 10.1 Å². The number of nitrogens with zero attached hydrogens (tertiary/aromatic N) is 2. The van der Waals surface area contributed by atoms with E-state index in [1.165, 1.54) is 44.9 Å². The molecule has 0 saturated heterocycles. The summed E-state index contributed by atoms with van der Waals surface area (Å²) in [5.74, 6) is 3.22. The molecule has 4 heteroatoms. The minimum atomic E-state index is 0.522. The smallest absolute Gasteiger partial charge is 0.218 e. The molecule has 1 aromatic heterocycles. The number of aromatic nitrogens is 2. The van der Waals surface area contributed by atoms with Gasteiger partial charge in [-0.05, 0) is 32.1 Å². The van der Waals surface area contributed by atoms with Gasteiger partial charge in [0.1, 0.15) is 11.6 Å². The summed E-state index contributed by atoms with van der Waals surface area (Å²) in [6.07, 6.45) is 11.2. The SMILES string of the molecule is CCCCOc1cc(NC2CC2)nc(C2CCCCC2)n1. The molecule has 1 heterocycles. The van der Waals surface area contributed by atoms with Crippen LogP contribution in [-0.2, 0) is 0 Å². The highest BCUT2D eigenvalue weighted by atomic mass is 16.5. The van der Waals surface area contributed by atoms with Crippen LogP contribution in [0.4, 0.5) is 5.82 Å². The first-order valence-corrected chi connectivity index (χ1v) is 8.63. The Bertz CT molecular complexity index is 453. The number of hydrogen-bond acceptors (Lipinski definition) is 4. The van der Waals surface area contributed by atoms with Crippen LogP contribution in [-0.4, -0.2) is 22.6 Å². The van der Waals surface area contributed by atoms with Crippen molar-refractivity contribution in [1.29, 1.82) is 0 Å². The van der Waals surface area contributed by atoms with Crippen molar-refractivity contribution in [3.63, 3.8) is 0 Å². The minimum Gasteiger partial charge on any atom is -0.478 e. The van der Waals surface area contributed by atoms with Crippen LogP contribution in [0.1, 0.15) is 76.5 Å². The van der Waals surface area contributed by atoms with Crippen molar-refractivity contribution in [2.45, 2.75) is 76.7 Å². The molecule has 1 N–H and O–H groups in total. The average molecular weight is 289 g/mol. The molecule has 4 nitrogen and oxygen atoms in total. The van der Waals surface area contributed by atoms with E-state index < -0.39 is 0 Å². The van der Waals surface area contributed by atoms with E-state index in [9.17, 15) is 0 Å². The van der Waals surface area contributed by atoms with Gasteiger partial charge >= 0.3 is 0 Å². The minimum absolute atomic E-state index is 0.522. The molecule has 21 heavy (non-hydrogen) atoms. The molecule has 0 aliphatic heterocycles. The quantitative estimate of drug-likeness (QED) is 0.761. The second-order valence-corrected chi connectivity index (χ2v) is 6.41. The molecular formula is C17H27N3O. The molecule has 0 bridgehead atoms. The lowest BCUT2D eigenvalue weighted by Crippen LogP contribution is -2.13. The van der Waals surface area contributed by atoms with Crippen LogP contribution >= 0.6 is 0 Å². The highest BCUT2D eigenvalue weighted by Crippen LogP contribution is 2.33. The van der Waals surface area contributed by atoms with Crippen molar-refractivity contribution in [3.8, 4) is 5.88 Å². The van der Waals surface area contributed by atoms with E-state index >= 15 is 0 Å². The summed E-state index contributed by atoms with van der Waals surface area (Å²) in [7, 11) is 0. The van der Waals surface area contributed by atoms with Gasteiger partial charge in [-0.2, -0.15) is 4.98 Å². The summed E-state index contributed by atoms with van der Waals surface area (Å²) in [4.78, 5) is 9.45. The molecular weight excluding hydrogens is 262 g/mol. The number of anilines is 1. The summed E-state index contributed by atoms with van der Waals surface area (Å²) in [6, 6.07) is 2.59. The summed E-state index contributed by atoms with van der Waals surface area (Å²) in [5, 5.41) is 3.50. The van der Waals surface area contributed by atoms with E-state index in [-0.39, 0.29) is 0 Å². The molecule has 3 rings (SSSR count). The van der Waals surface area contributed by atoms with Gasteiger partial charge in [-0.15, -0.1) is 0 Å². The van der Waals surface area contributed by atoms with Gasteiger partial charge in [0.2, 0.25) is 5.88 Å². The molecule has 0 unspecified atom stereocenters. The first kappa shape index (κ1) is 14.6. The van der Waals surface area contributed by atoms with E-state index in [0.717, 1.165) is 37.0 Å². The van der Waals surface area contributed by atoms with E-state index in [1.54, 1.807) is 0 Å². The summed E-state index contributed by atoms with van der Waals surface area (Å²) in [6.45, 7) is 2.93. The van der Waals surface area contributed by atoms with Crippen LogP contribution in [0.2, 0.25) is 0 Å². The fourth-order valence-corrected chi connectivity index (χ4v) is 2.89. The number of hydrogen-bond donors (Lipinski definition) is 1. The highest BCUT2D eigenvalue weighted by molar-refractivity contribution is 5.41. The molecule has 0 aromatic carbocycles. The molecule has 116 valence electrons. The zero-order valence-corrected chi connectivity index (χ0v) is 13.1. The third-order valence-electron chi connectivity index (χ3n) is 4.37. The number of nitrogens with one attached hydrogen (secondary N) is 1. The van der Waals surface area contributed by atoms with Gasteiger partial charge in [0, 0.05) is 18.0 Å². The third-order valence-corrected chi connectivity index (χ3v) is 4.37. The van der Waals surface area contributed by atoms with E-state index in [4.69, 9.17) is 9.72 Å². The molecule has 2 aliphatic carbocycles. The zero-order chi connectivity index (χ0) is 14.5. The Morgan fingerprint density at radius 3 is 2.67 bits per heavy atom. The maximum Gasteiger partial charge on any atom is 0.218 e. The van der Waals surface area contributed by atoms with Gasteiger partial charge in [-0.1, -0.05) is 32.6 Å². The van der Waals surface area contributed by atoms with Gasteiger partial charge in [0.25, 0.3) is 0 Å². The predicted molar refractivity (Wildman–Crippen MR) is 84.9 cm³/mol. The Kier molecular flexibility index (Phi) is 4.94. The van der Waals surface area contributed by atoms with Crippen molar-refractivity contribution < 1.29 is 4.74 Å². The fraction of sp³-hybridized carbons (Fsp3) is 0.765. The summed E-state index contributed by atoms with van der Waals surface area (Å²) < 4.78 is 5.83. The first-order chi connectivity index (χ1) is 10.3. The lowest BCUT2D eigenvalue weighted by atomic mass is 9.89. The van der Waals surface area contributed by atoms with Crippen LogP contribution < -0.4 is 10.1 Å². The normalized spacial score (nSPS) is 19.5. The maximum atomic E-state index is 5.83. The lowest BCUT2D eigenvalue weighted by molar-refractivity contribution is 0.294. The number of rotatable bonds is 7. The zero-order valence-electron chi connectivity index (χ0n) is 13.1. The van der Waals surface area contributed by atoms with Crippen molar-refractivity contribution in [1.82, 2.24) is 9.97 Å². The molecule has 1 aromatic rings. The Balaban J connectivity index is 1.73. The monoisotopic (exact) mass is 289 g/mol.